The first kappa shape index (κ1) is 18.1. The molecule has 6 nitrogen and oxygen atoms in total. The number of ether oxygens (including phenoxy) is 1. The highest BCUT2D eigenvalue weighted by atomic mass is 79.9. The lowest BCUT2D eigenvalue weighted by atomic mass is 10.2. The zero-order chi connectivity index (χ0) is 18.7. The van der Waals surface area contributed by atoms with Crippen molar-refractivity contribution in [1.29, 1.82) is 0 Å². The van der Waals surface area contributed by atoms with Gasteiger partial charge in [-0.2, -0.15) is 5.10 Å². The lowest BCUT2D eigenvalue weighted by molar-refractivity contribution is 0.216. The number of aromatic amines is 1. The molecule has 0 spiro atoms. The fourth-order valence-corrected chi connectivity index (χ4v) is 2.87. The maximum absolute atomic E-state index is 12.4. The van der Waals surface area contributed by atoms with E-state index in [1.54, 1.807) is 24.3 Å². The van der Waals surface area contributed by atoms with Crippen LogP contribution in [0.2, 0.25) is 0 Å². The van der Waals surface area contributed by atoms with Gasteiger partial charge < -0.3 is 9.72 Å². The van der Waals surface area contributed by atoms with Gasteiger partial charge in [-0.15, -0.1) is 4.68 Å². The highest BCUT2D eigenvalue weighted by molar-refractivity contribution is 9.10. The molecule has 3 aromatic rings. The van der Waals surface area contributed by atoms with Gasteiger partial charge in [0.15, 0.2) is 0 Å². The molecule has 1 N–H and O–H groups in total. The molecular formula is C19H18BrN3O3. The van der Waals surface area contributed by atoms with Crippen molar-refractivity contribution in [3.05, 3.63) is 73.3 Å². The Morgan fingerprint density at radius 2 is 2.04 bits per heavy atom. The molecule has 0 bridgehead atoms. The fourth-order valence-electron chi connectivity index (χ4n) is 2.38. The number of aromatic nitrogens is 2. The maximum Gasteiger partial charge on any atom is 0.349 e. The molecule has 2 aromatic carbocycles. The average Bonchev–Trinajstić information content (AvgIpc) is 2.63. The number of nitrogens with one attached hydrogen (secondary N) is 1. The number of para-hydroxylation sites is 1. The third-order valence-electron chi connectivity index (χ3n) is 3.97. The van der Waals surface area contributed by atoms with Crippen LogP contribution in [0.1, 0.15) is 25.8 Å². The molecule has 134 valence electrons. The van der Waals surface area contributed by atoms with Crippen molar-refractivity contribution in [2.24, 2.45) is 5.10 Å². The second-order valence-corrected chi connectivity index (χ2v) is 6.72. The molecule has 0 aliphatic rings. The molecule has 0 radical (unpaired) electrons. The predicted molar refractivity (Wildman–Crippen MR) is 106 cm³/mol. The summed E-state index contributed by atoms with van der Waals surface area (Å²) in [7, 11) is 0. The fraction of sp³-hybridized carbons (Fsp3) is 0.211. The number of halogens is 1. The van der Waals surface area contributed by atoms with Gasteiger partial charge in [-0.1, -0.05) is 19.1 Å². The molecule has 7 heteroatoms. The van der Waals surface area contributed by atoms with Crippen molar-refractivity contribution in [2.45, 2.75) is 26.4 Å². The number of benzene rings is 2. The molecule has 3 rings (SSSR count). The Morgan fingerprint density at radius 3 is 2.77 bits per heavy atom. The van der Waals surface area contributed by atoms with Crippen LogP contribution >= 0.6 is 15.9 Å². The minimum Gasteiger partial charge on any atom is -0.490 e. The van der Waals surface area contributed by atoms with E-state index < -0.39 is 11.2 Å². The Balaban J connectivity index is 1.93. The summed E-state index contributed by atoms with van der Waals surface area (Å²) in [6.07, 6.45) is 2.48. The molecule has 0 unspecified atom stereocenters. The van der Waals surface area contributed by atoms with Gasteiger partial charge >= 0.3 is 5.69 Å². The summed E-state index contributed by atoms with van der Waals surface area (Å²) < 4.78 is 7.40. The highest BCUT2D eigenvalue weighted by Gasteiger charge is 2.07. The van der Waals surface area contributed by atoms with Crippen LogP contribution in [0.4, 0.5) is 0 Å². The standard InChI is InChI=1S/C19H18BrN3O3/c1-3-12(2)26-17-9-8-13(10-15(17)20)11-21-23-18(24)14-6-4-5-7-16(14)22-19(23)25/h4-12H,3H2,1-2H3,(H,22,25)/t12-/m0/s1. The monoisotopic (exact) mass is 415 g/mol. The Labute approximate surface area is 158 Å². The van der Waals surface area contributed by atoms with E-state index in [9.17, 15) is 9.59 Å². The maximum atomic E-state index is 12.4. The summed E-state index contributed by atoms with van der Waals surface area (Å²) in [6, 6.07) is 12.3. The molecular weight excluding hydrogens is 398 g/mol. The van der Waals surface area contributed by atoms with E-state index in [1.807, 2.05) is 25.1 Å². The van der Waals surface area contributed by atoms with Crippen LogP contribution in [0.3, 0.4) is 0 Å². The Hall–Kier alpha value is -2.67. The highest BCUT2D eigenvalue weighted by Crippen LogP contribution is 2.26. The lowest BCUT2D eigenvalue weighted by Gasteiger charge is -2.14. The van der Waals surface area contributed by atoms with Gasteiger partial charge in [0.1, 0.15) is 5.75 Å². The SMILES string of the molecule is CC[C@H](C)Oc1ccc(C=Nn2c(=O)[nH]c3ccccc3c2=O)cc1Br. The van der Waals surface area contributed by atoms with E-state index >= 15 is 0 Å². The normalized spacial score (nSPS) is 12.6. The number of fused-ring (bicyclic) bond motifs is 1. The molecule has 1 heterocycles. The van der Waals surface area contributed by atoms with Crippen molar-refractivity contribution in [1.82, 2.24) is 9.66 Å². The van der Waals surface area contributed by atoms with E-state index in [1.165, 1.54) is 6.21 Å². The number of hydrogen-bond donors (Lipinski definition) is 1. The van der Waals surface area contributed by atoms with E-state index in [0.717, 1.165) is 26.9 Å². The molecule has 0 amide bonds. The summed E-state index contributed by atoms with van der Waals surface area (Å²) in [6.45, 7) is 4.05. The van der Waals surface area contributed by atoms with E-state index in [2.05, 4.69) is 32.9 Å². The first-order valence-electron chi connectivity index (χ1n) is 8.24. The van der Waals surface area contributed by atoms with Gasteiger partial charge in [0, 0.05) is 0 Å². The first-order chi connectivity index (χ1) is 12.5. The smallest absolute Gasteiger partial charge is 0.349 e. The molecule has 26 heavy (non-hydrogen) atoms. The van der Waals surface area contributed by atoms with Gasteiger partial charge in [0.05, 0.1) is 27.7 Å². The second-order valence-electron chi connectivity index (χ2n) is 5.86. The topological polar surface area (TPSA) is 76.5 Å². The van der Waals surface area contributed by atoms with Crippen molar-refractivity contribution in [3.63, 3.8) is 0 Å². The third kappa shape index (κ3) is 3.77. The quantitative estimate of drug-likeness (QED) is 0.647. The van der Waals surface area contributed by atoms with Crippen LogP contribution in [0.25, 0.3) is 10.9 Å². The van der Waals surface area contributed by atoms with Crippen LogP contribution in [0.15, 0.2) is 61.6 Å². The summed E-state index contributed by atoms with van der Waals surface area (Å²) in [5, 5.41) is 4.45. The van der Waals surface area contributed by atoms with Crippen molar-refractivity contribution in [3.8, 4) is 5.75 Å². The van der Waals surface area contributed by atoms with Crippen molar-refractivity contribution < 1.29 is 4.74 Å². The second kappa shape index (κ2) is 7.70. The van der Waals surface area contributed by atoms with Crippen LogP contribution in [-0.2, 0) is 0 Å². The number of hydrogen-bond acceptors (Lipinski definition) is 4. The molecule has 0 aliphatic carbocycles. The molecule has 0 saturated heterocycles. The minimum atomic E-state index is -0.583. The van der Waals surface area contributed by atoms with E-state index in [4.69, 9.17) is 4.74 Å². The van der Waals surface area contributed by atoms with Crippen molar-refractivity contribution >= 4 is 33.0 Å². The first-order valence-corrected chi connectivity index (χ1v) is 9.03. The Kier molecular flexibility index (Phi) is 5.37. The molecule has 0 aliphatic heterocycles. The molecule has 0 saturated carbocycles. The van der Waals surface area contributed by atoms with Crippen molar-refractivity contribution in [2.75, 3.05) is 0 Å². The van der Waals surface area contributed by atoms with Gasteiger partial charge in [-0.3, -0.25) is 4.79 Å². The minimum absolute atomic E-state index is 0.112. The Morgan fingerprint density at radius 1 is 1.27 bits per heavy atom. The summed E-state index contributed by atoms with van der Waals surface area (Å²) in [5.41, 5.74) is 0.174. The number of H-pyrrole nitrogens is 1. The number of nitrogens with zero attached hydrogens (tertiary/aromatic N) is 2. The zero-order valence-corrected chi connectivity index (χ0v) is 16.0. The Bertz CT molecular complexity index is 1090. The lowest BCUT2D eigenvalue weighted by Crippen LogP contribution is -2.32. The number of rotatable bonds is 5. The van der Waals surface area contributed by atoms with Gasteiger partial charge in [-0.05, 0) is 65.2 Å². The van der Waals surface area contributed by atoms with Crippen LogP contribution in [-0.4, -0.2) is 22.0 Å². The average molecular weight is 416 g/mol. The zero-order valence-electron chi connectivity index (χ0n) is 14.4. The predicted octanol–water partition coefficient (Wildman–Crippen LogP) is 3.51. The van der Waals surface area contributed by atoms with Crippen LogP contribution in [0, 0.1) is 0 Å². The molecule has 1 atom stereocenters. The largest absolute Gasteiger partial charge is 0.490 e. The summed E-state index contributed by atoms with van der Waals surface area (Å²) in [4.78, 5) is 27.2. The third-order valence-corrected chi connectivity index (χ3v) is 4.58. The van der Waals surface area contributed by atoms with Crippen LogP contribution in [0.5, 0.6) is 5.75 Å². The van der Waals surface area contributed by atoms with Gasteiger partial charge in [0.25, 0.3) is 5.56 Å². The van der Waals surface area contributed by atoms with Gasteiger partial charge in [-0.25, -0.2) is 4.79 Å². The summed E-state index contributed by atoms with van der Waals surface area (Å²) >= 11 is 3.47. The summed E-state index contributed by atoms with van der Waals surface area (Å²) in [5.74, 6) is 0.734. The van der Waals surface area contributed by atoms with Crippen LogP contribution < -0.4 is 16.0 Å². The van der Waals surface area contributed by atoms with Gasteiger partial charge in [0.2, 0.25) is 0 Å². The molecule has 0 fully saturated rings. The van der Waals surface area contributed by atoms with E-state index in [-0.39, 0.29) is 6.10 Å². The van der Waals surface area contributed by atoms with E-state index in [0.29, 0.717) is 10.9 Å². The molecule has 1 aromatic heterocycles.